The molecule has 6 heteroatoms. The third-order valence-electron chi connectivity index (χ3n) is 4.48. The van der Waals surface area contributed by atoms with Gasteiger partial charge in [-0.3, -0.25) is 9.58 Å². The van der Waals surface area contributed by atoms with E-state index in [4.69, 9.17) is 4.42 Å². The van der Waals surface area contributed by atoms with Gasteiger partial charge in [-0.15, -0.1) is 0 Å². The minimum Gasteiger partial charge on any atom is -0.444 e. The molecular formula is C18H19FN4O. The van der Waals surface area contributed by atoms with Crippen molar-refractivity contribution >= 4 is 0 Å². The second-order valence-electron chi connectivity index (χ2n) is 6.23. The first-order valence-corrected chi connectivity index (χ1v) is 8.12. The molecule has 0 aliphatic carbocycles. The molecule has 0 unspecified atom stereocenters. The van der Waals surface area contributed by atoms with Crippen molar-refractivity contribution in [3.8, 4) is 11.5 Å². The van der Waals surface area contributed by atoms with Crippen LogP contribution in [0.3, 0.4) is 0 Å². The van der Waals surface area contributed by atoms with E-state index in [0.29, 0.717) is 11.9 Å². The van der Waals surface area contributed by atoms with Crippen LogP contribution in [-0.2, 0) is 13.6 Å². The molecule has 1 atom stereocenters. The summed E-state index contributed by atoms with van der Waals surface area (Å²) in [4.78, 5) is 6.96. The summed E-state index contributed by atoms with van der Waals surface area (Å²) in [5.74, 6) is 0.268. The second-order valence-corrected chi connectivity index (χ2v) is 6.23. The largest absolute Gasteiger partial charge is 0.444 e. The van der Waals surface area contributed by atoms with Crippen molar-refractivity contribution in [1.29, 1.82) is 0 Å². The SMILES string of the molecule is Cn1cc([C@@H]2CCCN2Cc2coc(-c3ccc(F)cc3)n2)cn1. The lowest BCUT2D eigenvalue weighted by Crippen LogP contribution is -2.22. The fraction of sp³-hybridized carbons (Fsp3) is 0.333. The van der Waals surface area contributed by atoms with Gasteiger partial charge in [0.05, 0.1) is 11.9 Å². The zero-order valence-electron chi connectivity index (χ0n) is 13.5. The average molecular weight is 326 g/mol. The Hall–Kier alpha value is -2.47. The predicted octanol–water partition coefficient (Wildman–Crippen LogP) is 3.55. The van der Waals surface area contributed by atoms with Crippen LogP contribution in [0.15, 0.2) is 47.3 Å². The minimum atomic E-state index is -0.262. The van der Waals surface area contributed by atoms with E-state index in [1.807, 2.05) is 17.9 Å². The first-order chi connectivity index (χ1) is 11.7. The van der Waals surface area contributed by atoms with Crippen molar-refractivity contribution < 1.29 is 8.81 Å². The van der Waals surface area contributed by atoms with Crippen LogP contribution in [0.2, 0.25) is 0 Å². The number of rotatable bonds is 4. The van der Waals surface area contributed by atoms with Crippen molar-refractivity contribution in [3.63, 3.8) is 0 Å². The second kappa shape index (κ2) is 6.20. The Balaban J connectivity index is 1.50. The summed E-state index contributed by atoms with van der Waals surface area (Å²) in [7, 11) is 1.94. The standard InChI is InChI=1S/C18H19FN4O/c1-22-10-14(9-20-22)17-3-2-8-23(17)11-16-12-24-18(21-16)13-4-6-15(19)7-5-13/h4-7,9-10,12,17H,2-3,8,11H2,1H3/t17-/m0/s1. The van der Waals surface area contributed by atoms with Gasteiger partial charge in [-0.05, 0) is 43.7 Å². The van der Waals surface area contributed by atoms with Gasteiger partial charge in [-0.1, -0.05) is 0 Å². The molecule has 0 saturated carbocycles. The molecule has 1 aromatic carbocycles. The number of hydrogen-bond donors (Lipinski definition) is 0. The van der Waals surface area contributed by atoms with E-state index in [0.717, 1.165) is 30.8 Å². The third-order valence-corrected chi connectivity index (χ3v) is 4.48. The van der Waals surface area contributed by atoms with Gasteiger partial charge in [-0.2, -0.15) is 5.10 Å². The van der Waals surface area contributed by atoms with Gasteiger partial charge in [0.2, 0.25) is 5.89 Å². The summed E-state index contributed by atoms with van der Waals surface area (Å²) in [6, 6.07) is 6.57. The van der Waals surface area contributed by atoms with E-state index in [1.165, 1.54) is 24.1 Å². The van der Waals surface area contributed by atoms with Gasteiger partial charge < -0.3 is 4.42 Å². The van der Waals surface area contributed by atoms with Gasteiger partial charge in [0.25, 0.3) is 0 Å². The Morgan fingerprint density at radius 1 is 1.29 bits per heavy atom. The van der Waals surface area contributed by atoms with E-state index < -0.39 is 0 Å². The summed E-state index contributed by atoms with van der Waals surface area (Å²) >= 11 is 0. The maximum Gasteiger partial charge on any atom is 0.226 e. The Bertz CT molecular complexity index is 824. The van der Waals surface area contributed by atoms with Crippen LogP contribution >= 0.6 is 0 Å². The van der Waals surface area contributed by atoms with Crippen molar-refractivity contribution in [2.45, 2.75) is 25.4 Å². The predicted molar refractivity (Wildman–Crippen MR) is 87.5 cm³/mol. The summed E-state index contributed by atoms with van der Waals surface area (Å²) in [5, 5.41) is 4.28. The first kappa shape index (κ1) is 15.1. The molecule has 1 fully saturated rings. The average Bonchev–Trinajstić information content (AvgIpc) is 3.30. The summed E-state index contributed by atoms with van der Waals surface area (Å²) < 4.78 is 20.4. The van der Waals surface area contributed by atoms with E-state index in [9.17, 15) is 4.39 Å². The number of nitrogens with zero attached hydrogens (tertiary/aromatic N) is 4. The molecule has 1 aliphatic rings. The molecule has 1 aliphatic heterocycles. The summed E-state index contributed by atoms with van der Waals surface area (Å²) in [6.07, 6.45) is 8.01. The minimum absolute atomic E-state index is 0.262. The molecule has 124 valence electrons. The van der Waals surface area contributed by atoms with E-state index in [1.54, 1.807) is 18.4 Å². The highest BCUT2D eigenvalue weighted by Gasteiger charge is 2.27. The van der Waals surface area contributed by atoms with Crippen LogP contribution in [0.1, 0.15) is 30.1 Å². The number of likely N-dealkylation sites (tertiary alicyclic amines) is 1. The molecular weight excluding hydrogens is 307 g/mol. The highest BCUT2D eigenvalue weighted by atomic mass is 19.1. The Morgan fingerprint density at radius 3 is 2.88 bits per heavy atom. The monoisotopic (exact) mass is 326 g/mol. The highest BCUT2D eigenvalue weighted by molar-refractivity contribution is 5.52. The maximum atomic E-state index is 13.0. The molecule has 2 aromatic heterocycles. The lowest BCUT2D eigenvalue weighted by molar-refractivity contribution is 0.245. The Morgan fingerprint density at radius 2 is 2.12 bits per heavy atom. The van der Waals surface area contributed by atoms with Crippen LogP contribution < -0.4 is 0 Å². The number of hydrogen-bond acceptors (Lipinski definition) is 4. The topological polar surface area (TPSA) is 47.1 Å². The van der Waals surface area contributed by atoms with E-state index >= 15 is 0 Å². The van der Waals surface area contributed by atoms with Gasteiger partial charge in [0.15, 0.2) is 0 Å². The van der Waals surface area contributed by atoms with Crippen LogP contribution in [0, 0.1) is 5.82 Å². The molecule has 4 rings (SSSR count). The van der Waals surface area contributed by atoms with E-state index in [2.05, 4.69) is 21.2 Å². The molecule has 0 radical (unpaired) electrons. The smallest absolute Gasteiger partial charge is 0.226 e. The zero-order chi connectivity index (χ0) is 16.5. The first-order valence-electron chi connectivity index (χ1n) is 8.12. The fourth-order valence-electron chi connectivity index (χ4n) is 3.32. The van der Waals surface area contributed by atoms with Crippen LogP contribution in [-0.4, -0.2) is 26.2 Å². The molecule has 3 heterocycles. The summed E-state index contributed by atoms with van der Waals surface area (Å²) in [6.45, 7) is 1.78. The Labute approximate surface area is 139 Å². The molecule has 0 N–H and O–H groups in total. The molecule has 1 saturated heterocycles. The number of benzene rings is 1. The molecule has 5 nitrogen and oxygen atoms in total. The number of oxazole rings is 1. The highest BCUT2D eigenvalue weighted by Crippen LogP contribution is 2.33. The Kier molecular flexibility index (Phi) is 3.90. The number of aromatic nitrogens is 3. The van der Waals surface area contributed by atoms with Crippen molar-refractivity contribution in [1.82, 2.24) is 19.7 Å². The van der Waals surface area contributed by atoms with Gasteiger partial charge in [0, 0.05) is 37.0 Å². The van der Waals surface area contributed by atoms with Gasteiger partial charge in [0.1, 0.15) is 12.1 Å². The number of aryl methyl sites for hydroxylation is 1. The van der Waals surface area contributed by atoms with Crippen LogP contribution in [0.25, 0.3) is 11.5 Å². The lowest BCUT2D eigenvalue weighted by atomic mass is 10.1. The molecule has 0 bridgehead atoms. The summed E-state index contributed by atoms with van der Waals surface area (Å²) in [5.41, 5.74) is 2.93. The van der Waals surface area contributed by atoms with Gasteiger partial charge in [-0.25, -0.2) is 9.37 Å². The van der Waals surface area contributed by atoms with Crippen LogP contribution in [0.4, 0.5) is 4.39 Å². The van der Waals surface area contributed by atoms with Gasteiger partial charge >= 0.3 is 0 Å². The molecule has 3 aromatic rings. The van der Waals surface area contributed by atoms with Crippen molar-refractivity contribution in [3.05, 3.63) is 60.0 Å². The fourth-order valence-corrected chi connectivity index (χ4v) is 3.32. The third kappa shape index (κ3) is 2.97. The maximum absolute atomic E-state index is 13.0. The lowest BCUT2D eigenvalue weighted by Gasteiger charge is -2.22. The molecule has 24 heavy (non-hydrogen) atoms. The van der Waals surface area contributed by atoms with Crippen LogP contribution in [0.5, 0.6) is 0 Å². The molecule has 0 spiro atoms. The normalized spacial score (nSPS) is 18.3. The number of halogens is 1. The quantitative estimate of drug-likeness (QED) is 0.735. The zero-order valence-corrected chi connectivity index (χ0v) is 13.5. The van der Waals surface area contributed by atoms with E-state index in [-0.39, 0.29) is 5.82 Å². The molecule has 0 amide bonds. The van der Waals surface area contributed by atoms with Crippen molar-refractivity contribution in [2.75, 3.05) is 6.54 Å². The van der Waals surface area contributed by atoms with Crippen molar-refractivity contribution in [2.24, 2.45) is 7.05 Å².